The fourth-order valence-electron chi connectivity index (χ4n) is 1.35. The van der Waals surface area contributed by atoms with Crippen molar-refractivity contribution in [2.45, 2.75) is 18.5 Å². The van der Waals surface area contributed by atoms with Crippen LogP contribution in [-0.2, 0) is 0 Å². The third-order valence-corrected chi connectivity index (χ3v) is 3.85. The minimum Gasteiger partial charge on any atom is -0.352 e. The van der Waals surface area contributed by atoms with Gasteiger partial charge in [-0.3, -0.25) is 4.79 Å². The van der Waals surface area contributed by atoms with Gasteiger partial charge >= 0.3 is 12.1 Å². The second-order valence-corrected chi connectivity index (χ2v) is 6.53. The standard InChI is InChI=1S/C13H10BrF5INO/c14-9-3-1-8(2-4-9)11(22)21-6-5-10(20)7-12(15,16)13(17,18)19/h1-4,7H,5-6H2,(H,21,22). The highest BCUT2D eigenvalue weighted by Gasteiger charge is 2.55. The molecular weight excluding hydrogens is 488 g/mol. The van der Waals surface area contributed by atoms with Gasteiger partial charge in [-0.05, 0) is 56.9 Å². The zero-order valence-electron chi connectivity index (χ0n) is 10.9. The molecule has 0 bridgehead atoms. The van der Waals surface area contributed by atoms with E-state index in [4.69, 9.17) is 0 Å². The summed E-state index contributed by atoms with van der Waals surface area (Å²) in [5, 5.41) is 2.45. The number of benzene rings is 1. The number of allylic oxidation sites excluding steroid dienone is 1. The lowest BCUT2D eigenvalue weighted by molar-refractivity contribution is -0.259. The lowest BCUT2D eigenvalue weighted by Gasteiger charge is -2.16. The van der Waals surface area contributed by atoms with Crippen LogP contribution in [-0.4, -0.2) is 24.6 Å². The lowest BCUT2D eigenvalue weighted by atomic mass is 10.2. The SMILES string of the molecule is O=C(NCCC(I)=CC(F)(F)C(F)(F)F)c1ccc(Br)cc1. The van der Waals surface area contributed by atoms with Crippen molar-refractivity contribution in [3.05, 3.63) is 44.0 Å². The summed E-state index contributed by atoms with van der Waals surface area (Å²) in [4.78, 5) is 11.7. The Labute approximate surface area is 145 Å². The predicted molar refractivity (Wildman–Crippen MR) is 84.2 cm³/mol. The van der Waals surface area contributed by atoms with Gasteiger partial charge in [0.2, 0.25) is 0 Å². The maximum atomic E-state index is 12.8. The van der Waals surface area contributed by atoms with Crippen molar-refractivity contribution in [3.63, 3.8) is 0 Å². The second kappa shape index (κ2) is 7.71. The van der Waals surface area contributed by atoms with Crippen LogP contribution in [0.2, 0.25) is 0 Å². The summed E-state index contributed by atoms with van der Waals surface area (Å²) in [6, 6.07) is 6.42. The van der Waals surface area contributed by atoms with Crippen LogP contribution in [0.15, 0.2) is 38.4 Å². The summed E-state index contributed by atoms with van der Waals surface area (Å²) in [7, 11) is 0. The Hall–Kier alpha value is -0.710. The Balaban J connectivity index is 2.53. The van der Waals surface area contributed by atoms with Gasteiger partial charge in [-0.25, -0.2) is 0 Å². The molecule has 0 aliphatic heterocycles. The van der Waals surface area contributed by atoms with Crippen LogP contribution in [0.3, 0.4) is 0 Å². The van der Waals surface area contributed by atoms with E-state index in [0.29, 0.717) is 5.56 Å². The molecule has 0 saturated heterocycles. The number of hydrogen-bond acceptors (Lipinski definition) is 1. The van der Waals surface area contributed by atoms with E-state index in [9.17, 15) is 26.7 Å². The third-order valence-electron chi connectivity index (χ3n) is 2.47. The first-order valence-corrected chi connectivity index (χ1v) is 7.75. The number of amides is 1. The molecule has 1 rings (SSSR count). The molecule has 2 nitrogen and oxygen atoms in total. The Morgan fingerprint density at radius 2 is 1.73 bits per heavy atom. The summed E-state index contributed by atoms with van der Waals surface area (Å²) in [5.41, 5.74) is 0.364. The Morgan fingerprint density at radius 1 is 1.18 bits per heavy atom. The first-order chi connectivity index (χ1) is 10.0. The van der Waals surface area contributed by atoms with Gasteiger partial charge in [0, 0.05) is 22.7 Å². The quantitative estimate of drug-likeness (QED) is 0.446. The maximum Gasteiger partial charge on any atom is 0.457 e. The molecule has 0 unspecified atom stereocenters. The average Bonchev–Trinajstić information content (AvgIpc) is 2.37. The van der Waals surface area contributed by atoms with Crippen molar-refractivity contribution >= 4 is 44.4 Å². The van der Waals surface area contributed by atoms with Crippen molar-refractivity contribution in [2.24, 2.45) is 0 Å². The minimum absolute atomic E-state index is 0.0440. The highest BCUT2D eigenvalue weighted by Crippen LogP contribution is 2.38. The van der Waals surface area contributed by atoms with Gasteiger partial charge in [-0.1, -0.05) is 15.9 Å². The summed E-state index contributed by atoms with van der Waals surface area (Å²) < 4.78 is 62.2. The van der Waals surface area contributed by atoms with Crippen LogP contribution >= 0.6 is 38.5 Å². The molecule has 0 heterocycles. The fourth-order valence-corrected chi connectivity index (χ4v) is 2.27. The predicted octanol–water partition coefficient (Wildman–Crippen LogP) is 5.09. The number of alkyl halides is 5. The van der Waals surface area contributed by atoms with Crippen LogP contribution < -0.4 is 5.32 Å². The first kappa shape index (κ1) is 19.3. The minimum atomic E-state index is -5.62. The van der Waals surface area contributed by atoms with Crippen LogP contribution in [0.25, 0.3) is 0 Å². The summed E-state index contributed by atoms with van der Waals surface area (Å²) in [6.45, 7) is -0.0440. The van der Waals surface area contributed by atoms with E-state index in [2.05, 4.69) is 21.2 Å². The van der Waals surface area contributed by atoms with E-state index in [1.165, 1.54) is 22.6 Å². The van der Waals surface area contributed by atoms with Crippen molar-refractivity contribution in [1.82, 2.24) is 5.32 Å². The topological polar surface area (TPSA) is 29.1 Å². The molecule has 0 atom stereocenters. The largest absolute Gasteiger partial charge is 0.457 e. The van der Waals surface area contributed by atoms with Crippen molar-refractivity contribution in [3.8, 4) is 0 Å². The molecule has 9 heteroatoms. The van der Waals surface area contributed by atoms with Crippen molar-refractivity contribution in [2.75, 3.05) is 6.54 Å². The number of nitrogens with one attached hydrogen (secondary N) is 1. The summed E-state index contributed by atoms with van der Waals surface area (Å²) >= 11 is 4.60. The zero-order valence-corrected chi connectivity index (χ0v) is 14.6. The number of halogens is 7. The zero-order chi connectivity index (χ0) is 17.0. The number of hydrogen-bond donors (Lipinski definition) is 1. The van der Waals surface area contributed by atoms with Gasteiger partial charge in [0.25, 0.3) is 5.91 Å². The molecule has 1 aromatic carbocycles. The monoisotopic (exact) mass is 497 g/mol. The summed E-state index contributed by atoms with van der Waals surface area (Å²) in [6.07, 6.45) is -5.88. The van der Waals surface area contributed by atoms with Gasteiger partial charge in [-0.15, -0.1) is 0 Å². The molecule has 1 N–H and O–H groups in total. The van der Waals surface area contributed by atoms with Crippen LogP contribution in [0.4, 0.5) is 22.0 Å². The van der Waals surface area contributed by atoms with Crippen LogP contribution in [0, 0.1) is 0 Å². The molecule has 0 aliphatic carbocycles. The van der Waals surface area contributed by atoms with E-state index in [1.807, 2.05) is 0 Å². The van der Waals surface area contributed by atoms with E-state index >= 15 is 0 Å². The fraction of sp³-hybridized carbons (Fsp3) is 0.308. The van der Waals surface area contributed by atoms with Gasteiger partial charge in [0.05, 0.1) is 0 Å². The third kappa shape index (κ3) is 5.82. The highest BCUT2D eigenvalue weighted by atomic mass is 127. The molecule has 0 aromatic heterocycles. The molecule has 122 valence electrons. The first-order valence-electron chi connectivity index (χ1n) is 5.88. The smallest absolute Gasteiger partial charge is 0.352 e. The van der Waals surface area contributed by atoms with Gasteiger partial charge < -0.3 is 5.32 Å². The molecule has 0 radical (unpaired) electrons. The number of carbonyl (C=O) groups is 1. The molecular formula is C13H10BrF5INO. The van der Waals surface area contributed by atoms with Gasteiger partial charge in [-0.2, -0.15) is 22.0 Å². The van der Waals surface area contributed by atoms with Gasteiger partial charge in [0.15, 0.2) is 0 Å². The molecule has 22 heavy (non-hydrogen) atoms. The number of rotatable bonds is 5. The lowest BCUT2D eigenvalue weighted by Crippen LogP contribution is -2.34. The normalized spacial score (nSPS) is 13.1. The summed E-state index contributed by atoms with van der Waals surface area (Å²) in [5.74, 6) is -5.31. The molecule has 1 amide bonds. The Kier molecular flexibility index (Phi) is 6.78. The average molecular weight is 498 g/mol. The molecule has 0 aliphatic rings. The van der Waals surface area contributed by atoms with E-state index < -0.39 is 18.0 Å². The molecule has 0 saturated carbocycles. The Morgan fingerprint density at radius 3 is 2.23 bits per heavy atom. The maximum absolute atomic E-state index is 12.8. The molecule has 1 aromatic rings. The van der Waals surface area contributed by atoms with E-state index in [1.54, 1.807) is 24.3 Å². The van der Waals surface area contributed by atoms with Gasteiger partial charge in [0.1, 0.15) is 0 Å². The highest BCUT2D eigenvalue weighted by molar-refractivity contribution is 14.1. The molecule has 0 fully saturated rings. The number of carbonyl (C=O) groups excluding carboxylic acids is 1. The van der Waals surface area contributed by atoms with Crippen LogP contribution in [0.1, 0.15) is 16.8 Å². The van der Waals surface area contributed by atoms with Crippen LogP contribution in [0.5, 0.6) is 0 Å². The van der Waals surface area contributed by atoms with Crippen molar-refractivity contribution < 1.29 is 26.7 Å². The van der Waals surface area contributed by atoms with Crippen molar-refractivity contribution in [1.29, 1.82) is 0 Å². The Bertz CT molecular complexity index is 557. The van der Waals surface area contributed by atoms with E-state index in [0.717, 1.165) is 4.47 Å². The second-order valence-electron chi connectivity index (χ2n) is 4.22. The van der Waals surface area contributed by atoms with E-state index in [-0.39, 0.29) is 22.6 Å². The molecule has 0 spiro atoms.